The third kappa shape index (κ3) is 4.08. The summed E-state index contributed by atoms with van der Waals surface area (Å²) in [5.74, 6) is 0.653. The van der Waals surface area contributed by atoms with Crippen LogP contribution in [0.25, 0.3) is 11.0 Å². The Morgan fingerprint density at radius 3 is 2.60 bits per heavy atom. The first kappa shape index (κ1) is 18.0. The van der Waals surface area contributed by atoms with Gasteiger partial charge in [-0.3, -0.25) is 4.72 Å². The predicted octanol–water partition coefficient (Wildman–Crippen LogP) is 4.92. The zero-order valence-electron chi connectivity index (χ0n) is 13.1. The van der Waals surface area contributed by atoms with Crippen LogP contribution in [-0.2, 0) is 19.3 Å². The van der Waals surface area contributed by atoms with Crippen LogP contribution in [0.1, 0.15) is 18.4 Å². The number of hydrogen-bond acceptors (Lipinski definition) is 4. The highest BCUT2D eigenvalue weighted by Crippen LogP contribution is 2.30. The molecule has 4 nitrogen and oxygen atoms in total. The van der Waals surface area contributed by atoms with Gasteiger partial charge >= 0.3 is 6.18 Å². The number of nitrogens with one attached hydrogen (secondary N) is 1. The molecule has 0 fully saturated rings. The van der Waals surface area contributed by atoms with Crippen LogP contribution in [0.5, 0.6) is 0 Å². The molecule has 2 heterocycles. The van der Waals surface area contributed by atoms with E-state index in [2.05, 4.69) is 14.7 Å². The van der Waals surface area contributed by atoms with E-state index in [4.69, 9.17) is 11.6 Å². The van der Waals surface area contributed by atoms with E-state index in [-0.39, 0.29) is 0 Å². The summed E-state index contributed by atoms with van der Waals surface area (Å²) >= 11 is 7.24. The molecule has 0 amide bonds. The molecule has 9 heteroatoms. The van der Waals surface area contributed by atoms with Crippen LogP contribution in [0, 0.1) is 0 Å². The number of aromatic nitrogens is 3. The predicted molar refractivity (Wildman–Crippen MR) is 92.4 cm³/mol. The van der Waals surface area contributed by atoms with Crippen LogP contribution in [0.4, 0.5) is 13.2 Å². The molecule has 3 aromatic rings. The molecule has 0 saturated carbocycles. The first-order valence-electron chi connectivity index (χ1n) is 7.46. The molecule has 0 bridgehead atoms. The molecule has 25 heavy (non-hydrogen) atoms. The quantitative estimate of drug-likeness (QED) is 0.632. The molecule has 132 valence electrons. The van der Waals surface area contributed by atoms with Crippen LogP contribution in [0.15, 0.2) is 41.4 Å². The molecule has 0 radical (unpaired) electrons. The van der Waals surface area contributed by atoms with Gasteiger partial charge in [0.15, 0.2) is 0 Å². The summed E-state index contributed by atoms with van der Waals surface area (Å²) in [5.41, 5.74) is -0.0362. The number of hydrogen-bond donors (Lipinski definition) is 1. The molecule has 0 saturated heterocycles. The SMILES string of the molecule is CCn1c(CNSc2ccc(Cl)cc2)nc2cnc(C(F)(F)F)cc21. The summed E-state index contributed by atoms with van der Waals surface area (Å²) in [4.78, 5) is 8.83. The van der Waals surface area contributed by atoms with Gasteiger partial charge in [-0.2, -0.15) is 13.2 Å². The van der Waals surface area contributed by atoms with Crippen molar-refractivity contribution < 1.29 is 13.2 Å². The van der Waals surface area contributed by atoms with Gasteiger partial charge in [-0.1, -0.05) is 11.6 Å². The zero-order valence-corrected chi connectivity index (χ0v) is 14.7. The second kappa shape index (κ2) is 7.23. The standard InChI is InChI=1S/C16H14ClF3N4S/c1-2-24-13-7-14(16(18,19)20)21-8-12(13)23-15(24)9-22-25-11-5-3-10(17)4-6-11/h3-8,22H,2,9H2,1H3. The van der Waals surface area contributed by atoms with Gasteiger partial charge in [0.05, 0.1) is 18.3 Å². The lowest BCUT2D eigenvalue weighted by Crippen LogP contribution is -2.11. The summed E-state index contributed by atoms with van der Waals surface area (Å²) in [6, 6.07) is 8.38. The maximum Gasteiger partial charge on any atom is 0.433 e. The summed E-state index contributed by atoms with van der Waals surface area (Å²) in [6.45, 7) is 2.78. The average Bonchev–Trinajstić information content (AvgIpc) is 2.92. The fourth-order valence-electron chi connectivity index (χ4n) is 2.41. The van der Waals surface area contributed by atoms with Gasteiger partial charge in [0.2, 0.25) is 0 Å². The van der Waals surface area contributed by atoms with Crippen molar-refractivity contribution in [2.45, 2.75) is 31.1 Å². The van der Waals surface area contributed by atoms with Crippen LogP contribution < -0.4 is 4.72 Å². The number of nitrogens with zero attached hydrogens (tertiary/aromatic N) is 3. The largest absolute Gasteiger partial charge is 0.433 e. The van der Waals surface area contributed by atoms with Crippen molar-refractivity contribution in [1.82, 2.24) is 19.3 Å². The fraction of sp³-hybridized carbons (Fsp3) is 0.250. The van der Waals surface area contributed by atoms with Crippen LogP contribution in [-0.4, -0.2) is 14.5 Å². The number of rotatable bonds is 5. The number of fused-ring (bicyclic) bond motifs is 1. The highest BCUT2D eigenvalue weighted by Gasteiger charge is 2.33. The Kier molecular flexibility index (Phi) is 5.21. The van der Waals surface area contributed by atoms with E-state index < -0.39 is 11.9 Å². The molecule has 1 N–H and O–H groups in total. The Morgan fingerprint density at radius 2 is 1.96 bits per heavy atom. The van der Waals surface area contributed by atoms with E-state index in [1.54, 1.807) is 16.7 Å². The average molecular weight is 387 g/mol. The molecular formula is C16H14ClF3N4S. The molecule has 0 unspecified atom stereocenters. The Balaban J connectivity index is 1.80. The van der Waals surface area contributed by atoms with Crippen molar-refractivity contribution in [3.63, 3.8) is 0 Å². The molecule has 3 rings (SSSR count). The number of benzene rings is 1. The third-order valence-electron chi connectivity index (χ3n) is 3.55. The van der Waals surface area contributed by atoms with E-state index in [1.807, 2.05) is 19.1 Å². The minimum Gasteiger partial charge on any atom is -0.327 e. The van der Waals surface area contributed by atoms with E-state index >= 15 is 0 Å². The van der Waals surface area contributed by atoms with E-state index in [9.17, 15) is 13.2 Å². The maximum absolute atomic E-state index is 12.9. The van der Waals surface area contributed by atoms with Crippen molar-refractivity contribution in [3.05, 3.63) is 53.1 Å². The first-order valence-corrected chi connectivity index (χ1v) is 8.65. The van der Waals surface area contributed by atoms with Gasteiger partial charge < -0.3 is 4.57 Å². The molecule has 0 aliphatic heterocycles. The topological polar surface area (TPSA) is 42.7 Å². The van der Waals surface area contributed by atoms with E-state index in [1.165, 1.54) is 18.1 Å². The van der Waals surface area contributed by atoms with Crippen molar-refractivity contribution in [3.8, 4) is 0 Å². The Labute approximate surface area is 151 Å². The number of aryl methyl sites for hydroxylation is 1. The smallest absolute Gasteiger partial charge is 0.327 e. The maximum atomic E-state index is 12.9. The lowest BCUT2D eigenvalue weighted by molar-refractivity contribution is -0.141. The summed E-state index contributed by atoms with van der Waals surface area (Å²) in [6.07, 6.45) is -3.31. The van der Waals surface area contributed by atoms with Gasteiger partial charge in [0.1, 0.15) is 17.0 Å². The van der Waals surface area contributed by atoms with Crippen molar-refractivity contribution >= 4 is 34.6 Å². The lowest BCUT2D eigenvalue weighted by atomic mass is 10.3. The van der Waals surface area contributed by atoms with Crippen LogP contribution in [0.3, 0.4) is 0 Å². The normalized spacial score (nSPS) is 12.0. The van der Waals surface area contributed by atoms with Gasteiger partial charge in [-0.15, -0.1) is 0 Å². The Morgan fingerprint density at radius 1 is 1.24 bits per heavy atom. The minimum atomic E-state index is -4.47. The number of halogens is 4. The molecule has 0 aliphatic carbocycles. The number of pyridine rings is 1. The molecule has 0 spiro atoms. The van der Waals surface area contributed by atoms with Crippen LogP contribution in [0.2, 0.25) is 5.02 Å². The second-order valence-corrected chi connectivity index (χ2v) is 6.61. The van der Waals surface area contributed by atoms with Gasteiger partial charge in [-0.05, 0) is 49.2 Å². The fourth-order valence-corrected chi connectivity index (χ4v) is 3.17. The van der Waals surface area contributed by atoms with Crippen molar-refractivity contribution in [1.29, 1.82) is 0 Å². The highest BCUT2D eigenvalue weighted by atomic mass is 35.5. The van der Waals surface area contributed by atoms with Crippen molar-refractivity contribution in [2.24, 2.45) is 0 Å². The summed E-state index contributed by atoms with van der Waals surface area (Å²) in [7, 11) is 0. The first-order chi connectivity index (χ1) is 11.9. The summed E-state index contributed by atoms with van der Waals surface area (Å²) < 4.78 is 43.5. The summed E-state index contributed by atoms with van der Waals surface area (Å²) in [5, 5.41) is 0.657. The molecule has 0 aliphatic rings. The van der Waals surface area contributed by atoms with Gasteiger partial charge in [-0.25, -0.2) is 9.97 Å². The van der Waals surface area contributed by atoms with Crippen LogP contribution >= 0.6 is 23.5 Å². The van der Waals surface area contributed by atoms with Crippen molar-refractivity contribution in [2.75, 3.05) is 0 Å². The van der Waals surface area contributed by atoms with Gasteiger partial charge in [0.25, 0.3) is 0 Å². The Bertz CT molecular complexity index is 877. The zero-order chi connectivity index (χ0) is 18.0. The van der Waals surface area contributed by atoms with E-state index in [0.717, 1.165) is 11.0 Å². The minimum absolute atomic E-state index is 0.400. The second-order valence-electron chi connectivity index (χ2n) is 5.21. The molecule has 0 atom stereocenters. The monoisotopic (exact) mass is 386 g/mol. The number of imidazole rings is 1. The highest BCUT2D eigenvalue weighted by molar-refractivity contribution is 7.97. The van der Waals surface area contributed by atoms with E-state index in [0.29, 0.717) is 35.0 Å². The molecule has 2 aromatic heterocycles. The molecule has 1 aromatic carbocycles. The molecular weight excluding hydrogens is 373 g/mol. The third-order valence-corrected chi connectivity index (χ3v) is 4.60. The Hall–Kier alpha value is -1.77. The lowest BCUT2D eigenvalue weighted by Gasteiger charge is -2.08. The number of alkyl halides is 3. The van der Waals surface area contributed by atoms with Gasteiger partial charge in [0, 0.05) is 16.5 Å².